The summed E-state index contributed by atoms with van der Waals surface area (Å²) in [6.45, 7) is 10.8. The summed E-state index contributed by atoms with van der Waals surface area (Å²) < 4.78 is 1.44. The van der Waals surface area contributed by atoms with Gasteiger partial charge in [-0.25, -0.2) is 0 Å². The van der Waals surface area contributed by atoms with Gasteiger partial charge < -0.3 is 0 Å². The molecule has 5 nitrogen and oxygen atoms in total. The van der Waals surface area contributed by atoms with Crippen LogP contribution in [0.3, 0.4) is 0 Å². The predicted octanol–water partition coefficient (Wildman–Crippen LogP) is 4.96. The van der Waals surface area contributed by atoms with Gasteiger partial charge in [0.2, 0.25) is 0 Å². The minimum atomic E-state index is -2.43. The number of pyridine rings is 1. The summed E-state index contributed by atoms with van der Waals surface area (Å²) in [4.78, 5) is 29.5. The zero-order valence-corrected chi connectivity index (χ0v) is 22.4. The second-order valence-corrected chi connectivity index (χ2v) is 23.7. The first-order valence-electron chi connectivity index (χ1n) is 11.1. The summed E-state index contributed by atoms with van der Waals surface area (Å²) >= 11 is -2.43. The van der Waals surface area contributed by atoms with Gasteiger partial charge in [0.1, 0.15) is 0 Å². The number of nitrogens with one attached hydrogen (secondary N) is 1. The van der Waals surface area contributed by atoms with Crippen LogP contribution in [0.4, 0.5) is 22.9 Å². The molecule has 2 heterocycles. The molecular formula is C24H36N4OSn. The Morgan fingerprint density at radius 1 is 1.17 bits per heavy atom. The normalized spacial score (nSPS) is 13.8. The molecule has 0 radical (unpaired) electrons. The molecule has 0 unspecified atom stereocenters. The van der Waals surface area contributed by atoms with Crippen molar-refractivity contribution >= 4 is 50.7 Å². The fourth-order valence-electron chi connectivity index (χ4n) is 4.09. The average molecular weight is 515 g/mol. The van der Waals surface area contributed by atoms with E-state index in [-0.39, 0.29) is 5.91 Å². The van der Waals surface area contributed by atoms with Gasteiger partial charge in [0.15, 0.2) is 0 Å². The molecule has 0 atom stereocenters. The predicted molar refractivity (Wildman–Crippen MR) is 132 cm³/mol. The van der Waals surface area contributed by atoms with E-state index in [9.17, 15) is 4.79 Å². The molecular weight excluding hydrogens is 479 g/mol. The average Bonchev–Trinajstić information content (AvgIpc) is 2.67. The van der Waals surface area contributed by atoms with Gasteiger partial charge in [-0.05, 0) is 0 Å². The SMILES string of the molecule is CCCCN(CC)c1cc(C)nc2c1NC(=O)CN2c1ccc(C)c[c]1[Sn]([CH3])([CH3])[CH3]. The van der Waals surface area contributed by atoms with E-state index in [1.807, 2.05) is 6.92 Å². The third-order valence-electron chi connectivity index (χ3n) is 5.68. The van der Waals surface area contributed by atoms with E-state index < -0.39 is 18.4 Å². The number of hydrogen-bond donors (Lipinski definition) is 1. The maximum absolute atomic E-state index is 12.8. The third-order valence-corrected chi connectivity index (χ3v) is 11.4. The summed E-state index contributed by atoms with van der Waals surface area (Å²) in [6.07, 6.45) is 2.27. The van der Waals surface area contributed by atoms with Gasteiger partial charge in [-0.2, -0.15) is 0 Å². The number of unbranched alkanes of at least 4 members (excludes halogenated alkanes) is 1. The Balaban J connectivity index is 2.19. The second-order valence-electron chi connectivity index (χ2n) is 9.32. The number of hydrogen-bond acceptors (Lipinski definition) is 4. The van der Waals surface area contributed by atoms with Crippen LogP contribution in [0, 0.1) is 13.8 Å². The standard InChI is InChI=1S/C21H27N4O.3CH3.Sn/c1-5-7-12-24(6-2)18-13-16(4)22-21-20(18)23-19(26)14-25(21)17-10-8-15(3)9-11-17;;;;/h8-10,13H,5-7,12,14H2,1-4H3,(H,23,26);3*1H3;. The summed E-state index contributed by atoms with van der Waals surface area (Å²) in [6, 6.07) is 8.78. The number of carbonyl (C=O) groups excluding carboxylic acids is 1. The van der Waals surface area contributed by atoms with Crippen LogP contribution in [0.5, 0.6) is 0 Å². The Kier molecular flexibility index (Phi) is 7.00. The van der Waals surface area contributed by atoms with E-state index in [4.69, 9.17) is 4.98 Å². The molecule has 1 amide bonds. The molecule has 1 aromatic carbocycles. The van der Waals surface area contributed by atoms with Crippen LogP contribution in [0.2, 0.25) is 14.8 Å². The van der Waals surface area contributed by atoms with Crippen LogP contribution >= 0.6 is 0 Å². The van der Waals surface area contributed by atoms with Gasteiger partial charge >= 0.3 is 186 Å². The molecule has 2 aromatic rings. The topological polar surface area (TPSA) is 48.5 Å². The van der Waals surface area contributed by atoms with Crippen molar-refractivity contribution in [2.24, 2.45) is 0 Å². The second kappa shape index (κ2) is 9.16. The summed E-state index contributed by atoms with van der Waals surface area (Å²) in [5, 5.41) is 3.15. The van der Waals surface area contributed by atoms with Crippen LogP contribution < -0.4 is 18.7 Å². The van der Waals surface area contributed by atoms with E-state index in [0.29, 0.717) is 6.54 Å². The van der Waals surface area contributed by atoms with E-state index in [0.717, 1.165) is 54.5 Å². The van der Waals surface area contributed by atoms with Gasteiger partial charge in [-0.3, -0.25) is 0 Å². The van der Waals surface area contributed by atoms with Gasteiger partial charge in [0.05, 0.1) is 0 Å². The Labute approximate surface area is 185 Å². The first-order valence-corrected chi connectivity index (χ1v) is 21.1. The third kappa shape index (κ3) is 4.76. The molecule has 0 fully saturated rings. The molecule has 1 aromatic heterocycles. The number of amides is 1. The van der Waals surface area contributed by atoms with Crippen LogP contribution in [-0.4, -0.2) is 48.9 Å². The number of aromatic nitrogens is 1. The van der Waals surface area contributed by atoms with Crippen molar-refractivity contribution in [2.45, 2.75) is 55.4 Å². The summed E-state index contributed by atoms with van der Waals surface area (Å²) in [7, 11) is 0. The Morgan fingerprint density at radius 2 is 1.90 bits per heavy atom. The molecule has 1 aliphatic rings. The van der Waals surface area contributed by atoms with Gasteiger partial charge in [-0.1, -0.05) is 0 Å². The number of benzene rings is 1. The van der Waals surface area contributed by atoms with E-state index >= 15 is 0 Å². The number of nitrogens with zero attached hydrogens (tertiary/aromatic N) is 3. The van der Waals surface area contributed by atoms with Crippen molar-refractivity contribution in [3.8, 4) is 0 Å². The minimum absolute atomic E-state index is 0.0246. The molecule has 0 bridgehead atoms. The monoisotopic (exact) mass is 516 g/mol. The Hall–Kier alpha value is -1.76. The summed E-state index contributed by atoms with van der Waals surface area (Å²) in [5.41, 5.74) is 5.34. The van der Waals surface area contributed by atoms with Crippen molar-refractivity contribution in [1.82, 2.24) is 4.98 Å². The maximum atomic E-state index is 12.8. The van der Waals surface area contributed by atoms with Gasteiger partial charge in [0, 0.05) is 0 Å². The Morgan fingerprint density at radius 3 is 2.53 bits per heavy atom. The van der Waals surface area contributed by atoms with Gasteiger partial charge in [-0.15, -0.1) is 0 Å². The van der Waals surface area contributed by atoms with Crippen molar-refractivity contribution in [2.75, 3.05) is 34.8 Å². The van der Waals surface area contributed by atoms with Crippen molar-refractivity contribution in [3.05, 3.63) is 35.5 Å². The van der Waals surface area contributed by atoms with Crippen LogP contribution in [-0.2, 0) is 4.79 Å². The molecule has 1 N–H and O–H groups in total. The molecule has 3 rings (SSSR count). The Bertz CT molecular complexity index is 936. The molecule has 0 saturated heterocycles. The van der Waals surface area contributed by atoms with Crippen LogP contribution in [0.15, 0.2) is 24.3 Å². The fourth-order valence-corrected chi connectivity index (χ4v) is 8.79. The zero-order valence-electron chi connectivity index (χ0n) is 19.6. The molecule has 162 valence electrons. The number of fused-ring (bicyclic) bond motifs is 1. The molecule has 30 heavy (non-hydrogen) atoms. The number of aryl methyl sites for hydroxylation is 2. The van der Waals surface area contributed by atoms with E-state index in [1.165, 1.54) is 9.14 Å². The van der Waals surface area contributed by atoms with Crippen molar-refractivity contribution < 1.29 is 4.79 Å². The van der Waals surface area contributed by atoms with E-state index in [2.05, 4.69) is 75.0 Å². The van der Waals surface area contributed by atoms with Crippen molar-refractivity contribution in [1.29, 1.82) is 0 Å². The summed E-state index contributed by atoms with van der Waals surface area (Å²) in [5.74, 6) is 0.900. The quantitative estimate of drug-likeness (QED) is 0.530. The van der Waals surface area contributed by atoms with E-state index in [1.54, 1.807) is 0 Å². The first-order chi connectivity index (χ1) is 14.2. The molecule has 6 heteroatoms. The molecule has 1 aliphatic heterocycles. The molecule has 0 saturated carbocycles. The fraction of sp³-hybridized carbons (Fsp3) is 0.500. The molecule has 0 aliphatic carbocycles. The number of rotatable bonds is 7. The number of carbonyl (C=O) groups is 1. The molecule has 0 spiro atoms. The first kappa shape index (κ1) is 22.9. The zero-order chi connectivity index (χ0) is 22.1. The van der Waals surface area contributed by atoms with Crippen LogP contribution in [0.1, 0.15) is 37.9 Å². The van der Waals surface area contributed by atoms with Crippen LogP contribution in [0.25, 0.3) is 0 Å². The number of anilines is 4. The van der Waals surface area contributed by atoms with Gasteiger partial charge in [0.25, 0.3) is 0 Å². The van der Waals surface area contributed by atoms with Crippen molar-refractivity contribution in [3.63, 3.8) is 0 Å².